The Hall–Kier alpha value is -2.10. The van der Waals surface area contributed by atoms with Crippen molar-refractivity contribution < 1.29 is 9.53 Å². The molecule has 0 fully saturated rings. The van der Waals surface area contributed by atoms with Crippen molar-refractivity contribution in [2.24, 2.45) is 0 Å². The molecule has 0 spiro atoms. The molecule has 82 valence electrons. The molecule has 0 saturated heterocycles. The van der Waals surface area contributed by atoms with Crippen LogP contribution >= 0.6 is 0 Å². The Morgan fingerprint density at radius 1 is 1.38 bits per heavy atom. The number of ether oxygens (including phenoxy) is 1. The topological polar surface area (TPSA) is 55.0 Å². The lowest BCUT2D eigenvalue weighted by atomic mass is 10.1. The Kier molecular flexibility index (Phi) is 3.33. The second kappa shape index (κ2) is 5.11. The molecule has 0 aliphatic heterocycles. The third-order valence-electron chi connectivity index (χ3n) is 2.31. The Morgan fingerprint density at radius 2 is 2.19 bits per heavy atom. The minimum absolute atomic E-state index is 0.414. The normalized spacial score (nSPS) is 10.0. The van der Waals surface area contributed by atoms with Crippen LogP contribution in [0.2, 0.25) is 0 Å². The van der Waals surface area contributed by atoms with Crippen LogP contribution in [0.25, 0.3) is 11.3 Å². The standard InChI is InChI=1S/C12H12N2O2/c15-9-16-6-3-10-7-12(14-8-10)11-1-4-13-5-2-11/h1-2,4-5,7-9,14H,3,6H2. The molecule has 4 heteroatoms. The van der Waals surface area contributed by atoms with Crippen molar-refractivity contribution >= 4 is 6.47 Å². The van der Waals surface area contributed by atoms with Gasteiger partial charge in [-0.05, 0) is 23.8 Å². The number of aromatic nitrogens is 2. The fourth-order valence-electron chi connectivity index (χ4n) is 1.51. The van der Waals surface area contributed by atoms with Gasteiger partial charge in [-0.2, -0.15) is 0 Å². The number of H-pyrrole nitrogens is 1. The molecule has 0 saturated carbocycles. The van der Waals surface area contributed by atoms with Crippen molar-refractivity contribution in [2.45, 2.75) is 6.42 Å². The average molecular weight is 216 g/mol. The highest BCUT2D eigenvalue weighted by Gasteiger charge is 2.01. The molecule has 0 unspecified atom stereocenters. The van der Waals surface area contributed by atoms with E-state index in [9.17, 15) is 4.79 Å². The zero-order valence-electron chi connectivity index (χ0n) is 8.72. The van der Waals surface area contributed by atoms with Crippen LogP contribution in [-0.4, -0.2) is 23.0 Å². The van der Waals surface area contributed by atoms with Gasteiger partial charge in [-0.1, -0.05) is 0 Å². The van der Waals surface area contributed by atoms with Gasteiger partial charge in [-0.15, -0.1) is 0 Å². The predicted molar refractivity (Wildman–Crippen MR) is 59.7 cm³/mol. The van der Waals surface area contributed by atoms with Gasteiger partial charge in [0, 0.05) is 36.3 Å². The molecule has 16 heavy (non-hydrogen) atoms. The first-order valence-electron chi connectivity index (χ1n) is 5.03. The molecule has 0 aliphatic carbocycles. The van der Waals surface area contributed by atoms with Gasteiger partial charge >= 0.3 is 0 Å². The van der Waals surface area contributed by atoms with Gasteiger partial charge in [0.2, 0.25) is 0 Å². The molecule has 2 heterocycles. The van der Waals surface area contributed by atoms with E-state index in [-0.39, 0.29) is 0 Å². The predicted octanol–water partition coefficient (Wildman–Crippen LogP) is 1.79. The number of hydrogen-bond donors (Lipinski definition) is 1. The second-order valence-electron chi connectivity index (χ2n) is 3.37. The third-order valence-corrected chi connectivity index (χ3v) is 2.31. The molecular weight excluding hydrogens is 204 g/mol. The minimum atomic E-state index is 0.414. The lowest BCUT2D eigenvalue weighted by Crippen LogP contribution is -1.94. The van der Waals surface area contributed by atoms with Gasteiger partial charge in [-0.3, -0.25) is 9.78 Å². The first kappa shape index (κ1) is 10.4. The second-order valence-corrected chi connectivity index (χ2v) is 3.37. The van der Waals surface area contributed by atoms with Crippen molar-refractivity contribution in [2.75, 3.05) is 6.61 Å². The summed E-state index contributed by atoms with van der Waals surface area (Å²) in [5, 5.41) is 0. The lowest BCUT2D eigenvalue weighted by molar-refractivity contribution is -0.128. The lowest BCUT2D eigenvalue weighted by Gasteiger charge is -1.96. The monoisotopic (exact) mass is 216 g/mol. The molecule has 0 atom stereocenters. The van der Waals surface area contributed by atoms with Gasteiger partial charge in [0.1, 0.15) is 0 Å². The van der Waals surface area contributed by atoms with E-state index in [0.29, 0.717) is 13.1 Å². The summed E-state index contributed by atoms with van der Waals surface area (Å²) in [5.41, 5.74) is 3.26. The van der Waals surface area contributed by atoms with Gasteiger partial charge in [-0.25, -0.2) is 0 Å². The number of rotatable bonds is 5. The Balaban J connectivity index is 2.05. The van der Waals surface area contributed by atoms with Crippen LogP contribution in [0.1, 0.15) is 5.56 Å². The Bertz CT molecular complexity index is 451. The first-order valence-corrected chi connectivity index (χ1v) is 5.03. The summed E-state index contributed by atoms with van der Waals surface area (Å²) in [6.07, 6.45) is 6.15. The summed E-state index contributed by atoms with van der Waals surface area (Å²) >= 11 is 0. The van der Waals surface area contributed by atoms with Gasteiger partial charge in [0.15, 0.2) is 0 Å². The van der Waals surface area contributed by atoms with Crippen LogP contribution in [0.5, 0.6) is 0 Å². The number of pyridine rings is 1. The number of carbonyl (C=O) groups is 1. The summed E-state index contributed by atoms with van der Waals surface area (Å²) in [6.45, 7) is 0.883. The summed E-state index contributed by atoms with van der Waals surface area (Å²) in [4.78, 5) is 17.1. The molecule has 2 aromatic rings. The minimum Gasteiger partial charge on any atom is -0.468 e. The molecule has 4 nitrogen and oxygen atoms in total. The molecule has 0 aromatic carbocycles. The molecule has 0 bridgehead atoms. The van der Waals surface area contributed by atoms with Gasteiger partial charge in [0.25, 0.3) is 6.47 Å². The zero-order chi connectivity index (χ0) is 11.2. The van der Waals surface area contributed by atoms with E-state index in [0.717, 1.165) is 23.2 Å². The summed E-state index contributed by atoms with van der Waals surface area (Å²) in [6, 6.07) is 5.93. The number of carbonyl (C=O) groups excluding carboxylic acids is 1. The fourth-order valence-corrected chi connectivity index (χ4v) is 1.51. The third kappa shape index (κ3) is 2.48. The van der Waals surface area contributed by atoms with Crippen molar-refractivity contribution in [1.29, 1.82) is 0 Å². The van der Waals surface area contributed by atoms with E-state index in [4.69, 9.17) is 0 Å². The maximum atomic E-state index is 9.98. The van der Waals surface area contributed by atoms with Crippen molar-refractivity contribution in [3.05, 3.63) is 42.4 Å². The van der Waals surface area contributed by atoms with E-state index in [2.05, 4.69) is 14.7 Å². The number of hydrogen-bond acceptors (Lipinski definition) is 3. The maximum Gasteiger partial charge on any atom is 0.293 e. The number of nitrogens with one attached hydrogen (secondary N) is 1. The molecule has 0 aliphatic rings. The maximum absolute atomic E-state index is 9.98. The highest BCUT2D eigenvalue weighted by atomic mass is 16.5. The van der Waals surface area contributed by atoms with Crippen LogP contribution in [0.4, 0.5) is 0 Å². The smallest absolute Gasteiger partial charge is 0.293 e. The van der Waals surface area contributed by atoms with Crippen molar-refractivity contribution in [3.8, 4) is 11.3 Å². The van der Waals surface area contributed by atoms with E-state index in [1.54, 1.807) is 12.4 Å². The van der Waals surface area contributed by atoms with Crippen LogP contribution in [0.3, 0.4) is 0 Å². The fraction of sp³-hybridized carbons (Fsp3) is 0.167. The zero-order valence-corrected chi connectivity index (χ0v) is 8.72. The highest BCUT2D eigenvalue weighted by molar-refractivity contribution is 5.59. The molecule has 1 N–H and O–H groups in total. The molecule has 2 rings (SSSR count). The number of aromatic amines is 1. The summed E-state index contributed by atoms with van der Waals surface area (Å²) < 4.78 is 4.65. The Morgan fingerprint density at radius 3 is 2.94 bits per heavy atom. The molecule has 0 radical (unpaired) electrons. The largest absolute Gasteiger partial charge is 0.468 e. The summed E-state index contributed by atoms with van der Waals surface area (Å²) in [7, 11) is 0. The molecule has 2 aromatic heterocycles. The van der Waals surface area contributed by atoms with Crippen LogP contribution in [-0.2, 0) is 16.0 Å². The average Bonchev–Trinajstić information content (AvgIpc) is 2.79. The van der Waals surface area contributed by atoms with Crippen molar-refractivity contribution in [3.63, 3.8) is 0 Å². The van der Waals surface area contributed by atoms with Crippen LogP contribution in [0.15, 0.2) is 36.8 Å². The van der Waals surface area contributed by atoms with Crippen LogP contribution in [0, 0.1) is 0 Å². The van der Waals surface area contributed by atoms with Gasteiger partial charge in [0.05, 0.1) is 6.61 Å². The molecular formula is C12H12N2O2. The quantitative estimate of drug-likeness (QED) is 0.612. The number of nitrogens with zero attached hydrogens (tertiary/aromatic N) is 1. The molecule has 0 amide bonds. The SMILES string of the molecule is O=COCCc1c[nH]c(-c2ccncc2)c1. The van der Waals surface area contributed by atoms with E-state index >= 15 is 0 Å². The van der Waals surface area contributed by atoms with Crippen LogP contribution < -0.4 is 0 Å². The highest BCUT2D eigenvalue weighted by Crippen LogP contribution is 2.17. The van der Waals surface area contributed by atoms with E-state index in [1.807, 2.05) is 24.4 Å². The van der Waals surface area contributed by atoms with E-state index < -0.39 is 0 Å². The van der Waals surface area contributed by atoms with E-state index in [1.165, 1.54) is 0 Å². The van der Waals surface area contributed by atoms with Gasteiger partial charge < -0.3 is 9.72 Å². The first-order chi connectivity index (χ1) is 7.90. The Labute approximate surface area is 93.3 Å². The van der Waals surface area contributed by atoms with Crippen molar-refractivity contribution in [1.82, 2.24) is 9.97 Å². The summed E-state index contributed by atoms with van der Waals surface area (Å²) in [5.74, 6) is 0.